The number of halogens is 6. The molecule has 0 aliphatic carbocycles. The second-order valence-corrected chi connectivity index (χ2v) is 7.00. The molecule has 1 aliphatic heterocycles. The van der Waals surface area contributed by atoms with Gasteiger partial charge in [-0.3, -0.25) is 4.90 Å². The highest BCUT2D eigenvalue weighted by atomic mass is 79.9. The average molecular weight is 483 g/mol. The van der Waals surface area contributed by atoms with E-state index >= 15 is 0 Å². The lowest BCUT2D eigenvalue weighted by Crippen LogP contribution is -2.45. The Morgan fingerprint density at radius 3 is 2.17 bits per heavy atom. The topological polar surface area (TPSA) is 35.5 Å². The number of nitrogens with zero attached hydrogens (tertiary/aromatic N) is 1. The van der Waals surface area contributed by atoms with Gasteiger partial charge in [-0.25, -0.2) is 0 Å². The van der Waals surface area contributed by atoms with Crippen LogP contribution in [0.3, 0.4) is 0 Å². The summed E-state index contributed by atoms with van der Waals surface area (Å²) < 4.78 is 38.8. The fourth-order valence-electron chi connectivity index (χ4n) is 2.63. The first kappa shape index (κ1) is 21.0. The second kappa shape index (κ2) is 8.89. The van der Waals surface area contributed by atoms with Crippen LogP contribution in [0, 0.1) is 0 Å². The van der Waals surface area contributed by atoms with Crippen LogP contribution < -0.4 is 5.32 Å². The summed E-state index contributed by atoms with van der Waals surface area (Å²) in [7, 11) is 0. The van der Waals surface area contributed by atoms with E-state index in [0.29, 0.717) is 22.0 Å². The van der Waals surface area contributed by atoms with Crippen LogP contribution in [0.15, 0.2) is 21.1 Å². The van der Waals surface area contributed by atoms with Crippen LogP contribution in [0.2, 0.25) is 0 Å². The molecular formula is C14H18Br2ClF3N2O. The van der Waals surface area contributed by atoms with Crippen LogP contribution in [-0.2, 0) is 0 Å². The number of piperazine rings is 1. The van der Waals surface area contributed by atoms with Crippen molar-refractivity contribution in [3.63, 3.8) is 0 Å². The van der Waals surface area contributed by atoms with E-state index in [1.807, 2.05) is 0 Å². The highest BCUT2D eigenvalue weighted by Gasteiger charge is 2.31. The van der Waals surface area contributed by atoms with E-state index < -0.39 is 12.6 Å². The number of aromatic hydroxyl groups is 1. The van der Waals surface area contributed by atoms with Crippen molar-refractivity contribution >= 4 is 44.3 Å². The first-order chi connectivity index (χ1) is 10.3. The zero-order valence-corrected chi connectivity index (χ0v) is 16.2. The number of phenols is 1. The predicted molar refractivity (Wildman–Crippen MR) is 93.2 cm³/mol. The predicted octanol–water partition coefficient (Wildman–Crippen LogP) is 4.63. The average Bonchev–Trinajstić information content (AvgIpc) is 2.45. The number of hydrogen-bond donors (Lipinski definition) is 2. The number of nitrogens with one attached hydrogen (secondary N) is 1. The summed E-state index contributed by atoms with van der Waals surface area (Å²) in [6, 6.07) is 3.07. The molecule has 1 aromatic rings. The van der Waals surface area contributed by atoms with Crippen LogP contribution in [0.4, 0.5) is 13.2 Å². The number of rotatable bonds is 4. The molecule has 9 heteroatoms. The molecule has 1 fully saturated rings. The van der Waals surface area contributed by atoms with Crippen LogP contribution in [0.5, 0.6) is 5.75 Å². The van der Waals surface area contributed by atoms with Crippen molar-refractivity contribution in [3.8, 4) is 5.75 Å². The van der Waals surface area contributed by atoms with Crippen molar-refractivity contribution in [2.24, 2.45) is 0 Å². The molecule has 1 heterocycles. The summed E-state index contributed by atoms with van der Waals surface area (Å²) >= 11 is 6.49. The van der Waals surface area contributed by atoms with Gasteiger partial charge in [0.25, 0.3) is 0 Å². The maximum atomic E-state index is 12.6. The SMILES string of the molecule is Cl.Oc1c(Br)cc([C@H](CCC(F)(F)F)N2CCNCC2)cc1Br. The Kier molecular flexibility index (Phi) is 8.13. The molecule has 0 bridgehead atoms. The lowest BCUT2D eigenvalue weighted by Gasteiger charge is -2.35. The highest BCUT2D eigenvalue weighted by Crippen LogP contribution is 2.39. The Balaban J connectivity index is 0.00000264. The van der Waals surface area contributed by atoms with Gasteiger partial charge in [0, 0.05) is 38.6 Å². The molecule has 0 aromatic heterocycles. The summed E-state index contributed by atoms with van der Waals surface area (Å²) in [6.45, 7) is 2.95. The molecule has 1 atom stereocenters. The normalized spacial score (nSPS) is 17.6. The third-order valence-electron chi connectivity index (χ3n) is 3.72. The minimum absolute atomic E-state index is 0. The van der Waals surface area contributed by atoms with Gasteiger partial charge in [0.1, 0.15) is 5.75 Å². The molecule has 2 rings (SSSR count). The van der Waals surface area contributed by atoms with E-state index in [1.165, 1.54) is 0 Å². The van der Waals surface area contributed by atoms with Crippen LogP contribution in [0.1, 0.15) is 24.4 Å². The summed E-state index contributed by atoms with van der Waals surface area (Å²) in [5.41, 5.74) is 0.766. The Bertz CT molecular complexity index is 502. The van der Waals surface area contributed by atoms with E-state index in [-0.39, 0.29) is 30.6 Å². The smallest absolute Gasteiger partial charge is 0.389 e. The molecule has 1 saturated heterocycles. The lowest BCUT2D eigenvalue weighted by molar-refractivity contribution is -0.138. The van der Waals surface area contributed by atoms with Gasteiger partial charge < -0.3 is 10.4 Å². The van der Waals surface area contributed by atoms with Crippen LogP contribution in [0.25, 0.3) is 0 Å². The van der Waals surface area contributed by atoms with Gasteiger partial charge in [0.2, 0.25) is 0 Å². The van der Waals surface area contributed by atoms with Gasteiger partial charge in [0.05, 0.1) is 8.95 Å². The first-order valence-corrected chi connectivity index (χ1v) is 8.56. The largest absolute Gasteiger partial charge is 0.506 e. The Labute approximate surface area is 156 Å². The van der Waals surface area contributed by atoms with E-state index in [4.69, 9.17) is 0 Å². The summed E-state index contributed by atoms with van der Waals surface area (Å²) in [6.07, 6.45) is -4.98. The van der Waals surface area contributed by atoms with E-state index in [2.05, 4.69) is 42.1 Å². The molecule has 0 radical (unpaired) electrons. The van der Waals surface area contributed by atoms with Crippen molar-refractivity contribution in [2.75, 3.05) is 26.2 Å². The Morgan fingerprint density at radius 1 is 1.17 bits per heavy atom. The van der Waals surface area contributed by atoms with Gasteiger partial charge in [0.15, 0.2) is 0 Å². The number of alkyl halides is 3. The van der Waals surface area contributed by atoms with Gasteiger partial charge >= 0.3 is 6.18 Å². The van der Waals surface area contributed by atoms with Crippen molar-refractivity contribution in [1.29, 1.82) is 0 Å². The van der Waals surface area contributed by atoms with E-state index in [0.717, 1.165) is 18.7 Å². The molecule has 0 unspecified atom stereocenters. The lowest BCUT2D eigenvalue weighted by atomic mass is 9.99. The van der Waals surface area contributed by atoms with Gasteiger partial charge in [-0.15, -0.1) is 12.4 Å². The molecule has 23 heavy (non-hydrogen) atoms. The maximum absolute atomic E-state index is 12.6. The number of phenolic OH excluding ortho intramolecular Hbond substituents is 1. The quantitative estimate of drug-likeness (QED) is 0.657. The van der Waals surface area contributed by atoms with Crippen molar-refractivity contribution in [2.45, 2.75) is 25.1 Å². The molecule has 1 aliphatic rings. The standard InChI is InChI=1S/C14H17Br2F3N2O.ClH/c15-10-7-9(8-11(16)13(10)22)12(1-2-14(17,18)19)21-5-3-20-4-6-21;/h7-8,12,20,22H,1-6H2;1H/t12-;/m0./s1. The molecule has 1 aromatic carbocycles. The summed E-state index contributed by atoms with van der Waals surface area (Å²) in [5, 5.41) is 13.0. The van der Waals surface area contributed by atoms with Gasteiger partial charge in [-0.2, -0.15) is 13.2 Å². The third-order valence-corrected chi connectivity index (χ3v) is 4.93. The molecule has 0 spiro atoms. The number of hydrogen-bond acceptors (Lipinski definition) is 3. The fraction of sp³-hybridized carbons (Fsp3) is 0.571. The fourth-order valence-corrected chi connectivity index (χ4v) is 3.85. The highest BCUT2D eigenvalue weighted by molar-refractivity contribution is 9.11. The third kappa shape index (κ3) is 6.08. The monoisotopic (exact) mass is 480 g/mol. The van der Waals surface area contributed by atoms with Gasteiger partial charge in [-0.1, -0.05) is 0 Å². The molecule has 0 amide bonds. The molecule has 3 nitrogen and oxygen atoms in total. The molecular weight excluding hydrogens is 464 g/mol. The van der Waals surface area contributed by atoms with E-state index in [1.54, 1.807) is 12.1 Å². The van der Waals surface area contributed by atoms with Gasteiger partial charge in [-0.05, 0) is 56.0 Å². The zero-order valence-electron chi connectivity index (χ0n) is 12.2. The molecule has 2 N–H and O–H groups in total. The summed E-state index contributed by atoms with van der Waals surface area (Å²) in [4.78, 5) is 2.06. The van der Waals surface area contributed by atoms with Crippen LogP contribution >= 0.6 is 44.3 Å². The minimum Gasteiger partial charge on any atom is -0.506 e. The molecule has 132 valence electrons. The van der Waals surface area contributed by atoms with E-state index in [9.17, 15) is 18.3 Å². The summed E-state index contributed by atoms with van der Waals surface area (Å²) in [5.74, 6) is 0.0543. The Hall–Kier alpha value is -0.0200. The van der Waals surface area contributed by atoms with Crippen molar-refractivity contribution in [3.05, 3.63) is 26.6 Å². The second-order valence-electron chi connectivity index (χ2n) is 5.29. The maximum Gasteiger partial charge on any atom is 0.389 e. The molecule has 0 saturated carbocycles. The number of benzene rings is 1. The first-order valence-electron chi connectivity index (χ1n) is 6.97. The minimum atomic E-state index is -4.17. The van der Waals surface area contributed by atoms with Crippen LogP contribution in [-0.4, -0.2) is 42.4 Å². The Morgan fingerprint density at radius 2 is 1.70 bits per heavy atom. The van der Waals surface area contributed by atoms with Crippen molar-refractivity contribution in [1.82, 2.24) is 10.2 Å². The van der Waals surface area contributed by atoms with Crippen molar-refractivity contribution < 1.29 is 18.3 Å². The zero-order chi connectivity index (χ0) is 16.3.